The van der Waals surface area contributed by atoms with Gasteiger partial charge in [0.15, 0.2) is 0 Å². The molecule has 0 bridgehead atoms. The largest absolute Gasteiger partial charge is 0.280 e. The topological polar surface area (TPSA) is 165 Å². The molecule has 0 spiro atoms. The summed E-state index contributed by atoms with van der Waals surface area (Å²) in [6, 6.07) is 23.0. The van der Waals surface area contributed by atoms with Crippen molar-refractivity contribution in [3.63, 3.8) is 0 Å². The first-order chi connectivity index (χ1) is 36.9. The maximum Gasteiger partial charge on any atom is 0.262 e. The number of nitrogens with one attached hydrogen (secondary N) is 3. The molecule has 0 saturated heterocycles. The Morgan fingerprint density at radius 3 is 0.867 bits per heavy atom. The Kier molecular flexibility index (Phi) is 21.1. The minimum atomic E-state index is -0.417. The highest BCUT2D eigenvalue weighted by molar-refractivity contribution is 6.21. The lowest BCUT2D eigenvalue weighted by molar-refractivity contribution is 0.0965. The average molecular weight is 994 g/mol. The quantitative estimate of drug-likeness (QED) is 0.0209. The van der Waals surface area contributed by atoms with Crippen LogP contribution in [-0.4, -0.2) is 47.6 Å². The van der Waals surface area contributed by atoms with Gasteiger partial charge in [-0.2, -0.15) is 0 Å². The first-order valence-corrected chi connectivity index (χ1v) is 26.7. The third kappa shape index (κ3) is 15.7. The van der Waals surface area contributed by atoms with Crippen LogP contribution in [0.5, 0.6) is 0 Å². The molecule has 4 aromatic carbocycles. The molecule has 3 heterocycles. The predicted octanol–water partition coefficient (Wildman–Crippen LogP) is 12.3. The number of carbonyl (C=O) groups excluding carboxylic acids is 3. The van der Waals surface area contributed by atoms with Crippen LogP contribution in [0.3, 0.4) is 0 Å². The van der Waals surface area contributed by atoms with Gasteiger partial charge in [-0.15, -0.1) is 0 Å². The van der Waals surface area contributed by atoms with E-state index in [1.165, 1.54) is 77.0 Å². The van der Waals surface area contributed by atoms with E-state index in [4.69, 9.17) is 29.9 Å². The summed E-state index contributed by atoms with van der Waals surface area (Å²) in [5.74, 6) is 24.6. The monoisotopic (exact) mass is 994 g/mol. The third-order valence-electron chi connectivity index (χ3n) is 12.6. The Hall–Kier alpha value is -8.55. The molecule has 0 aliphatic heterocycles. The lowest BCUT2D eigenvalue weighted by atomic mass is 10.1. The molecule has 0 fully saturated rings. The van der Waals surface area contributed by atoms with E-state index < -0.39 is 17.7 Å². The SMILES string of the molecule is CCCCCCCCC#CC#CNC(=O)c1ccc2nc3c4nc5cc(C(=O)NC#CC#CCCCCCCCC)ccc5nc4c4nc5cc(C(=O)NC#CC#CCCCCCCCC)ccc5nc4c3nc2c1. The van der Waals surface area contributed by atoms with Gasteiger partial charge in [0.25, 0.3) is 17.7 Å². The second-order valence-electron chi connectivity index (χ2n) is 18.4. The fourth-order valence-corrected chi connectivity index (χ4v) is 8.45. The molecule has 0 saturated carbocycles. The highest BCUT2D eigenvalue weighted by Crippen LogP contribution is 2.33. The molecule has 12 nitrogen and oxygen atoms in total. The van der Waals surface area contributed by atoms with E-state index in [1.54, 1.807) is 54.6 Å². The van der Waals surface area contributed by atoms with Crippen LogP contribution in [0.1, 0.15) is 187 Å². The number of unbranched alkanes of at least 4 members (excludes halogenated alkanes) is 18. The summed E-state index contributed by atoms with van der Waals surface area (Å²) in [6.45, 7) is 6.62. The Balaban J connectivity index is 1.18. The molecule has 378 valence electrons. The fraction of sp³-hybridized carbons (Fsp3) is 0.381. The second kappa shape index (κ2) is 29.2. The summed E-state index contributed by atoms with van der Waals surface area (Å²) in [6.07, 6.45) is 23.7. The normalized spacial score (nSPS) is 10.4. The minimum absolute atomic E-state index is 0.323. The molecule has 0 aliphatic carbocycles. The van der Waals surface area contributed by atoms with Crippen LogP contribution in [0.2, 0.25) is 0 Å². The van der Waals surface area contributed by atoms with E-state index in [-0.39, 0.29) is 0 Å². The smallest absolute Gasteiger partial charge is 0.262 e. The first kappa shape index (κ1) is 54.2. The van der Waals surface area contributed by atoms with E-state index in [2.05, 4.69) is 108 Å². The molecule has 0 aliphatic rings. The molecule has 75 heavy (non-hydrogen) atoms. The Morgan fingerprint density at radius 2 is 0.587 bits per heavy atom. The van der Waals surface area contributed by atoms with Crippen LogP contribution in [0.25, 0.3) is 66.2 Å². The lowest BCUT2D eigenvalue weighted by Gasteiger charge is -2.11. The summed E-state index contributed by atoms with van der Waals surface area (Å²) in [7, 11) is 0. The van der Waals surface area contributed by atoms with Gasteiger partial charge in [0.05, 0.1) is 33.1 Å². The first-order valence-electron chi connectivity index (χ1n) is 26.7. The molecule has 3 amide bonds. The van der Waals surface area contributed by atoms with Crippen molar-refractivity contribution in [2.45, 2.75) is 156 Å². The number of carbonyl (C=O) groups is 3. The molecular weight excluding hydrogens is 931 g/mol. The van der Waals surface area contributed by atoms with Crippen LogP contribution in [0.4, 0.5) is 0 Å². The molecule has 7 rings (SSSR count). The standard InChI is InChI=1S/C63H63N9O3/c1-4-7-10-13-16-19-22-25-28-31-40-64-61(73)46-34-37-49-52(43-46)70-58-55(67-49)59-57(69-51-39-36-48(45-54(51)71-59)63(75)66-42-33-30-27-24-21-18-15-12-9-6-3)60-56(58)68-50-38-35-47(44-53(50)72-60)62(74)65-41-32-29-26-23-20-17-14-11-8-5-2/h34-39,43-45H,4-24H2,1-3H3,(H,64,73)(H,65,74)(H,66,75). The summed E-state index contributed by atoms with van der Waals surface area (Å²) >= 11 is 0. The number of hydrogen-bond acceptors (Lipinski definition) is 9. The van der Waals surface area contributed by atoms with Gasteiger partial charge < -0.3 is 0 Å². The molecule has 0 radical (unpaired) electrons. The average Bonchev–Trinajstić information content (AvgIpc) is 3.43. The van der Waals surface area contributed by atoms with Crippen molar-refractivity contribution >= 4 is 83.9 Å². The highest BCUT2D eigenvalue weighted by Gasteiger charge is 2.21. The van der Waals surface area contributed by atoms with Gasteiger partial charge in [-0.1, -0.05) is 135 Å². The van der Waals surface area contributed by atoms with Crippen LogP contribution >= 0.6 is 0 Å². The number of rotatable bonds is 21. The Bertz CT molecular complexity index is 3220. The van der Waals surface area contributed by atoms with E-state index in [9.17, 15) is 14.4 Å². The van der Waals surface area contributed by atoms with Crippen molar-refractivity contribution in [2.24, 2.45) is 0 Å². The van der Waals surface area contributed by atoms with Crippen molar-refractivity contribution < 1.29 is 14.4 Å². The van der Waals surface area contributed by atoms with Gasteiger partial charge in [0, 0.05) is 71.8 Å². The van der Waals surface area contributed by atoms with E-state index in [0.717, 1.165) is 57.8 Å². The zero-order valence-electron chi connectivity index (χ0n) is 43.5. The zero-order valence-corrected chi connectivity index (χ0v) is 43.5. The summed E-state index contributed by atoms with van der Waals surface area (Å²) in [5, 5.41) is 7.88. The Morgan fingerprint density at radius 1 is 0.333 bits per heavy atom. The van der Waals surface area contributed by atoms with Gasteiger partial charge in [0.1, 0.15) is 33.1 Å². The van der Waals surface area contributed by atoms with Crippen LogP contribution < -0.4 is 16.0 Å². The Labute approximate surface area is 440 Å². The molecular formula is C63H63N9O3. The molecule has 0 unspecified atom stereocenters. The highest BCUT2D eigenvalue weighted by atomic mass is 16.2. The summed E-state index contributed by atoms with van der Waals surface area (Å²) in [4.78, 5) is 70.1. The van der Waals surface area contributed by atoms with E-state index in [0.29, 0.717) is 82.9 Å². The van der Waals surface area contributed by atoms with Gasteiger partial charge in [-0.05, 0) is 91.6 Å². The zero-order chi connectivity index (χ0) is 52.5. The van der Waals surface area contributed by atoms with Crippen LogP contribution in [0, 0.1) is 71.4 Å². The van der Waals surface area contributed by atoms with Gasteiger partial charge in [0.2, 0.25) is 0 Å². The second-order valence-corrected chi connectivity index (χ2v) is 18.4. The van der Waals surface area contributed by atoms with Crippen molar-refractivity contribution in [1.29, 1.82) is 0 Å². The van der Waals surface area contributed by atoms with Crippen LogP contribution in [0.15, 0.2) is 54.6 Å². The number of hydrogen-bond donors (Lipinski definition) is 3. The maximum atomic E-state index is 13.3. The molecule has 3 aromatic heterocycles. The number of benzene rings is 4. The third-order valence-corrected chi connectivity index (χ3v) is 12.6. The van der Waals surface area contributed by atoms with Crippen molar-refractivity contribution in [1.82, 2.24) is 45.9 Å². The maximum absolute atomic E-state index is 13.3. The predicted molar refractivity (Wildman–Crippen MR) is 301 cm³/mol. The van der Waals surface area contributed by atoms with E-state index >= 15 is 0 Å². The fourth-order valence-electron chi connectivity index (χ4n) is 8.45. The summed E-state index contributed by atoms with van der Waals surface area (Å²) < 4.78 is 0. The van der Waals surface area contributed by atoms with Crippen molar-refractivity contribution in [2.75, 3.05) is 0 Å². The van der Waals surface area contributed by atoms with Crippen molar-refractivity contribution in [3.8, 4) is 71.4 Å². The molecule has 12 heteroatoms. The van der Waals surface area contributed by atoms with Crippen LogP contribution in [-0.2, 0) is 0 Å². The van der Waals surface area contributed by atoms with Gasteiger partial charge >= 0.3 is 0 Å². The molecule has 0 atom stereocenters. The molecule has 3 N–H and O–H groups in total. The van der Waals surface area contributed by atoms with E-state index in [1.807, 2.05) is 0 Å². The number of nitrogens with zero attached hydrogens (tertiary/aromatic N) is 6. The minimum Gasteiger partial charge on any atom is -0.280 e. The number of aromatic nitrogens is 6. The molecule has 7 aromatic rings. The number of fused-ring (bicyclic) bond motifs is 9. The number of amides is 3. The lowest BCUT2D eigenvalue weighted by Crippen LogP contribution is -2.17. The van der Waals surface area contributed by atoms with Gasteiger partial charge in [-0.25, -0.2) is 29.9 Å². The summed E-state index contributed by atoms with van der Waals surface area (Å²) in [5.41, 5.74) is 5.97. The van der Waals surface area contributed by atoms with Crippen molar-refractivity contribution in [3.05, 3.63) is 71.3 Å². The van der Waals surface area contributed by atoms with Gasteiger partial charge in [-0.3, -0.25) is 30.3 Å².